The Balaban J connectivity index is 1.77. The predicted molar refractivity (Wildman–Crippen MR) is 68.5 cm³/mol. The molecule has 0 saturated carbocycles. The number of thiazole rings is 1. The number of anilines is 1. The maximum atomic E-state index is 5.63. The molecule has 4 nitrogen and oxygen atoms in total. The van der Waals surface area contributed by atoms with Crippen LogP contribution in [0.1, 0.15) is 18.2 Å². The second-order valence-corrected chi connectivity index (χ2v) is 5.43. The molecule has 1 aliphatic rings. The Bertz CT molecular complexity index is 318. The summed E-state index contributed by atoms with van der Waals surface area (Å²) >= 11 is 1.60. The first-order chi connectivity index (χ1) is 7.78. The van der Waals surface area contributed by atoms with Gasteiger partial charge in [-0.3, -0.25) is 4.90 Å². The van der Waals surface area contributed by atoms with E-state index in [1.54, 1.807) is 11.3 Å². The van der Waals surface area contributed by atoms with E-state index < -0.39 is 0 Å². The summed E-state index contributed by atoms with van der Waals surface area (Å²) in [5.41, 5.74) is 5.63. The molecule has 2 rings (SSSR count). The number of nitrogen functional groups attached to an aromatic ring is 1. The van der Waals surface area contributed by atoms with Gasteiger partial charge in [0.05, 0.1) is 0 Å². The van der Waals surface area contributed by atoms with E-state index in [1.165, 1.54) is 30.9 Å². The highest BCUT2D eigenvalue weighted by Gasteiger charge is 2.16. The van der Waals surface area contributed by atoms with Gasteiger partial charge in [-0.25, -0.2) is 4.98 Å². The van der Waals surface area contributed by atoms with Crippen LogP contribution in [0.25, 0.3) is 0 Å². The molecule has 0 amide bonds. The van der Waals surface area contributed by atoms with Crippen molar-refractivity contribution in [2.24, 2.45) is 0 Å². The minimum Gasteiger partial charge on any atom is -0.375 e. The maximum absolute atomic E-state index is 5.63. The average Bonchev–Trinajstić information content (AvgIpc) is 2.67. The standard InChI is InChI=1S/C11H20N4S/c1-2-3-14-4-6-15(7-5-14)9-10-8-13-11(12)16-10/h8H,2-7,9H2,1H3,(H2,12,13). The highest BCUT2D eigenvalue weighted by molar-refractivity contribution is 7.15. The third kappa shape index (κ3) is 3.17. The molecule has 1 aliphatic heterocycles. The summed E-state index contributed by atoms with van der Waals surface area (Å²) in [4.78, 5) is 10.4. The van der Waals surface area contributed by atoms with E-state index in [0.717, 1.165) is 19.6 Å². The number of hydrogen-bond donors (Lipinski definition) is 1. The minimum absolute atomic E-state index is 0.680. The van der Waals surface area contributed by atoms with Gasteiger partial charge in [0.1, 0.15) is 0 Å². The van der Waals surface area contributed by atoms with Crippen molar-refractivity contribution in [1.29, 1.82) is 0 Å². The SMILES string of the molecule is CCCN1CCN(Cc2cnc(N)s2)CC1. The van der Waals surface area contributed by atoms with Crippen LogP contribution in [0.3, 0.4) is 0 Å². The van der Waals surface area contributed by atoms with Gasteiger partial charge >= 0.3 is 0 Å². The molecule has 16 heavy (non-hydrogen) atoms. The number of nitrogens with zero attached hydrogens (tertiary/aromatic N) is 3. The number of nitrogens with two attached hydrogens (primary N) is 1. The molecular weight excluding hydrogens is 220 g/mol. The summed E-state index contributed by atoms with van der Waals surface area (Å²) in [6.07, 6.45) is 3.16. The van der Waals surface area contributed by atoms with Crippen molar-refractivity contribution in [3.63, 3.8) is 0 Å². The van der Waals surface area contributed by atoms with Crippen molar-refractivity contribution in [1.82, 2.24) is 14.8 Å². The molecule has 1 aromatic heterocycles. The topological polar surface area (TPSA) is 45.4 Å². The normalized spacial score (nSPS) is 19.1. The van der Waals surface area contributed by atoms with Crippen LogP contribution >= 0.6 is 11.3 Å². The van der Waals surface area contributed by atoms with Gasteiger partial charge in [-0.2, -0.15) is 0 Å². The molecule has 0 bridgehead atoms. The Labute approximate surface area is 101 Å². The summed E-state index contributed by atoms with van der Waals surface area (Å²) in [6.45, 7) is 9.21. The Hall–Kier alpha value is -0.650. The molecule has 0 aromatic carbocycles. The molecule has 0 aliphatic carbocycles. The summed E-state index contributed by atoms with van der Waals surface area (Å²) in [5, 5.41) is 0.680. The third-order valence-corrected chi connectivity index (χ3v) is 3.77. The first-order valence-electron chi connectivity index (χ1n) is 5.93. The molecule has 0 radical (unpaired) electrons. The van der Waals surface area contributed by atoms with E-state index >= 15 is 0 Å². The van der Waals surface area contributed by atoms with Crippen LogP contribution in [0.2, 0.25) is 0 Å². The largest absolute Gasteiger partial charge is 0.375 e. The van der Waals surface area contributed by atoms with E-state index in [2.05, 4.69) is 21.7 Å². The molecular formula is C11H20N4S. The smallest absolute Gasteiger partial charge is 0.180 e. The van der Waals surface area contributed by atoms with Gasteiger partial charge in [0.15, 0.2) is 5.13 Å². The lowest BCUT2D eigenvalue weighted by Gasteiger charge is -2.34. The maximum Gasteiger partial charge on any atom is 0.180 e. The Morgan fingerprint density at radius 2 is 2.00 bits per heavy atom. The Morgan fingerprint density at radius 1 is 1.31 bits per heavy atom. The third-order valence-electron chi connectivity index (χ3n) is 2.96. The number of rotatable bonds is 4. The van der Waals surface area contributed by atoms with Crippen LogP contribution in [-0.2, 0) is 6.54 Å². The molecule has 2 heterocycles. The molecule has 0 atom stereocenters. The fraction of sp³-hybridized carbons (Fsp3) is 0.727. The molecule has 5 heteroatoms. The van der Waals surface area contributed by atoms with Crippen LogP contribution in [0.4, 0.5) is 5.13 Å². The zero-order valence-corrected chi connectivity index (χ0v) is 10.7. The Morgan fingerprint density at radius 3 is 2.56 bits per heavy atom. The highest BCUT2D eigenvalue weighted by Crippen LogP contribution is 2.17. The number of aromatic nitrogens is 1. The van der Waals surface area contributed by atoms with Gasteiger partial charge in [-0.15, -0.1) is 11.3 Å². The molecule has 90 valence electrons. The van der Waals surface area contributed by atoms with Gasteiger partial charge in [-0.05, 0) is 13.0 Å². The average molecular weight is 240 g/mol. The first kappa shape index (κ1) is 11.8. The van der Waals surface area contributed by atoms with Gasteiger partial charge in [0.25, 0.3) is 0 Å². The summed E-state index contributed by atoms with van der Waals surface area (Å²) in [7, 11) is 0. The van der Waals surface area contributed by atoms with Crippen molar-refractivity contribution in [3.8, 4) is 0 Å². The molecule has 0 spiro atoms. The lowest BCUT2D eigenvalue weighted by Crippen LogP contribution is -2.45. The van der Waals surface area contributed by atoms with Crippen LogP contribution in [0.15, 0.2) is 6.20 Å². The molecule has 0 unspecified atom stereocenters. The van der Waals surface area contributed by atoms with Gasteiger partial charge in [0.2, 0.25) is 0 Å². The fourth-order valence-electron chi connectivity index (χ4n) is 2.10. The molecule has 1 aromatic rings. The van der Waals surface area contributed by atoms with Gasteiger partial charge in [0, 0.05) is 43.8 Å². The van der Waals surface area contributed by atoms with Crippen LogP contribution < -0.4 is 5.73 Å². The van der Waals surface area contributed by atoms with Crippen molar-refractivity contribution in [3.05, 3.63) is 11.1 Å². The second kappa shape index (κ2) is 5.61. The monoisotopic (exact) mass is 240 g/mol. The van der Waals surface area contributed by atoms with E-state index in [1.807, 2.05) is 6.20 Å². The molecule has 1 fully saturated rings. The summed E-state index contributed by atoms with van der Waals surface area (Å²) < 4.78 is 0. The second-order valence-electron chi connectivity index (χ2n) is 4.28. The van der Waals surface area contributed by atoms with Gasteiger partial charge in [-0.1, -0.05) is 6.92 Å². The van der Waals surface area contributed by atoms with Crippen molar-refractivity contribution >= 4 is 16.5 Å². The zero-order chi connectivity index (χ0) is 11.4. The van der Waals surface area contributed by atoms with Crippen LogP contribution in [0.5, 0.6) is 0 Å². The zero-order valence-electron chi connectivity index (χ0n) is 9.85. The van der Waals surface area contributed by atoms with Crippen molar-refractivity contribution in [2.45, 2.75) is 19.9 Å². The number of hydrogen-bond acceptors (Lipinski definition) is 5. The molecule has 2 N–H and O–H groups in total. The Kier molecular flexibility index (Phi) is 4.15. The van der Waals surface area contributed by atoms with E-state index in [0.29, 0.717) is 5.13 Å². The van der Waals surface area contributed by atoms with Crippen LogP contribution in [0, 0.1) is 0 Å². The van der Waals surface area contributed by atoms with E-state index in [9.17, 15) is 0 Å². The van der Waals surface area contributed by atoms with Gasteiger partial charge < -0.3 is 10.6 Å². The fourth-order valence-corrected chi connectivity index (χ4v) is 2.83. The van der Waals surface area contributed by atoms with E-state index in [-0.39, 0.29) is 0 Å². The summed E-state index contributed by atoms with van der Waals surface area (Å²) in [6, 6.07) is 0. The first-order valence-corrected chi connectivity index (χ1v) is 6.74. The van der Waals surface area contributed by atoms with E-state index in [4.69, 9.17) is 5.73 Å². The highest BCUT2D eigenvalue weighted by atomic mass is 32.1. The van der Waals surface area contributed by atoms with Crippen molar-refractivity contribution < 1.29 is 0 Å². The quantitative estimate of drug-likeness (QED) is 0.860. The lowest BCUT2D eigenvalue weighted by atomic mass is 10.3. The lowest BCUT2D eigenvalue weighted by molar-refractivity contribution is 0.128. The van der Waals surface area contributed by atoms with Crippen LogP contribution in [-0.4, -0.2) is 47.5 Å². The van der Waals surface area contributed by atoms with Crippen molar-refractivity contribution in [2.75, 3.05) is 38.5 Å². The number of piperazine rings is 1. The predicted octanol–water partition coefficient (Wildman–Crippen LogP) is 1.25. The molecule has 1 saturated heterocycles. The summed E-state index contributed by atoms with van der Waals surface area (Å²) in [5.74, 6) is 0. The minimum atomic E-state index is 0.680.